The quantitative estimate of drug-likeness (QED) is 0.874. The van der Waals surface area contributed by atoms with Crippen molar-refractivity contribution in [1.29, 1.82) is 0 Å². The van der Waals surface area contributed by atoms with E-state index < -0.39 is 0 Å². The van der Waals surface area contributed by atoms with Crippen LogP contribution in [0.2, 0.25) is 0 Å². The molecule has 21 heavy (non-hydrogen) atoms. The molecule has 0 saturated carbocycles. The lowest BCUT2D eigenvalue weighted by atomic mass is 9.81. The Morgan fingerprint density at radius 2 is 1.86 bits per heavy atom. The van der Waals surface area contributed by atoms with Gasteiger partial charge in [0.1, 0.15) is 0 Å². The minimum atomic E-state index is -0.152. The van der Waals surface area contributed by atoms with Gasteiger partial charge in [-0.1, -0.05) is 37.3 Å². The van der Waals surface area contributed by atoms with Crippen molar-refractivity contribution in [2.24, 2.45) is 0 Å². The molecule has 1 aliphatic heterocycles. The van der Waals surface area contributed by atoms with Crippen LogP contribution >= 0.6 is 0 Å². The van der Waals surface area contributed by atoms with E-state index in [0.717, 1.165) is 32.6 Å². The molecule has 3 heteroatoms. The minimum absolute atomic E-state index is 0.0542. The van der Waals surface area contributed by atoms with Crippen LogP contribution in [0.3, 0.4) is 0 Å². The molecule has 118 valence electrons. The van der Waals surface area contributed by atoms with E-state index in [1.165, 1.54) is 5.56 Å². The van der Waals surface area contributed by atoms with Gasteiger partial charge in [-0.25, -0.2) is 0 Å². The van der Waals surface area contributed by atoms with Gasteiger partial charge in [-0.05, 0) is 32.8 Å². The highest BCUT2D eigenvalue weighted by Gasteiger charge is 2.33. The maximum atomic E-state index is 9.77. The fourth-order valence-electron chi connectivity index (χ4n) is 3.00. The van der Waals surface area contributed by atoms with Crippen molar-refractivity contribution in [3.8, 4) is 0 Å². The summed E-state index contributed by atoms with van der Waals surface area (Å²) in [5, 5.41) is 13.4. The second kappa shape index (κ2) is 6.47. The Kier molecular flexibility index (Phi) is 5.07. The number of likely N-dealkylation sites (tertiary alicyclic amines) is 1. The first-order valence-corrected chi connectivity index (χ1v) is 7.99. The van der Waals surface area contributed by atoms with E-state index >= 15 is 0 Å². The summed E-state index contributed by atoms with van der Waals surface area (Å²) in [5.74, 6) is 0. The Hall–Kier alpha value is -0.900. The number of nitrogens with one attached hydrogen (secondary N) is 1. The highest BCUT2D eigenvalue weighted by molar-refractivity contribution is 5.26. The molecule has 2 N–H and O–H groups in total. The number of rotatable bonds is 5. The van der Waals surface area contributed by atoms with Gasteiger partial charge in [-0.3, -0.25) is 4.90 Å². The van der Waals surface area contributed by atoms with Crippen LogP contribution < -0.4 is 5.32 Å². The lowest BCUT2D eigenvalue weighted by molar-refractivity contribution is 0.164. The topological polar surface area (TPSA) is 35.5 Å². The van der Waals surface area contributed by atoms with Gasteiger partial charge in [0.05, 0.1) is 6.10 Å². The smallest absolute Gasteiger partial charge is 0.0679 e. The predicted molar refractivity (Wildman–Crippen MR) is 88.6 cm³/mol. The molecule has 2 unspecified atom stereocenters. The van der Waals surface area contributed by atoms with Crippen molar-refractivity contribution in [3.63, 3.8) is 0 Å². The Morgan fingerprint density at radius 3 is 2.38 bits per heavy atom. The van der Waals surface area contributed by atoms with E-state index in [1.54, 1.807) is 0 Å². The highest BCUT2D eigenvalue weighted by Crippen LogP contribution is 2.27. The molecular weight excluding hydrogens is 260 g/mol. The fraction of sp³-hybridized carbons (Fsp3) is 0.667. The number of hydrogen-bond donors (Lipinski definition) is 2. The second-order valence-corrected chi connectivity index (χ2v) is 7.71. The largest absolute Gasteiger partial charge is 0.392 e. The lowest BCUT2D eigenvalue weighted by Gasteiger charge is -2.37. The highest BCUT2D eigenvalue weighted by atomic mass is 16.3. The van der Waals surface area contributed by atoms with Crippen molar-refractivity contribution in [2.45, 2.75) is 51.2 Å². The van der Waals surface area contributed by atoms with Crippen LogP contribution in [0.25, 0.3) is 0 Å². The van der Waals surface area contributed by atoms with E-state index in [2.05, 4.69) is 68.2 Å². The molecule has 1 saturated heterocycles. The monoisotopic (exact) mass is 290 g/mol. The van der Waals surface area contributed by atoms with Crippen LogP contribution in [-0.2, 0) is 5.41 Å². The van der Waals surface area contributed by atoms with Crippen LogP contribution in [0, 0.1) is 0 Å². The summed E-state index contributed by atoms with van der Waals surface area (Å²) in [5.41, 5.74) is 1.53. The summed E-state index contributed by atoms with van der Waals surface area (Å²) < 4.78 is 0. The van der Waals surface area contributed by atoms with Gasteiger partial charge in [0.15, 0.2) is 0 Å². The third kappa shape index (κ3) is 4.80. The lowest BCUT2D eigenvalue weighted by Crippen LogP contribution is -2.49. The minimum Gasteiger partial charge on any atom is -0.392 e. The van der Waals surface area contributed by atoms with Crippen LogP contribution in [0.5, 0.6) is 0 Å². The first-order valence-electron chi connectivity index (χ1n) is 7.99. The Morgan fingerprint density at radius 1 is 1.19 bits per heavy atom. The fourth-order valence-corrected chi connectivity index (χ4v) is 3.00. The summed E-state index contributed by atoms with van der Waals surface area (Å²) in [4.78, 5) is 2.39. The molecule has 0 aliphatic carbocycles. The van der Waals surface area contributed by atoms with Gasteiger partial charge in [-0.2, -0.15) is 0 Å². The zero-order valence-electron chi connectivity index (χ0n) is 13.9. The van der Waals surface area contributed by atoms with Gasteiger partial charge < -0.3 is 10.4 Å². The number of β-amino-alcohol motifs (C(OH)–C–C–N with tert-alkyl or cyclic N) is 1. The van der Waals surface area contributed by atoms with E-state index in [1.807, 2.05) is 0 Å². The number of aliphatic hydroxyl groups excluding tert-OH is 1. The molecular formula is C18H30N2O. The third-order valence-electron chi connectivity index (χ3n) is 4.30. The molecule has 1 aromatic carbocycles. The first kappa shape index (κ1) is 16.5. The SMILES string of the molecule is CC(C)(C)NCC(C)(CN1CCC(O)C1)c1ccccc1. The first-order chi connectivity index (χ1) is 9.78. The third-order valence-corrected chi connectivity index (χ3v) is 4.30. The van der Waals surface area contributed by atoms with E-state index in [0.29, 0.717) is 0 Å². The van der Waals surface area contributed by atoms with E-state index in [-0.39, 0.29) is 17.1 Å². The number of aliphatic hydroxyl groups is 1. The summed E-state index contributed by atoms with van der Waals surface area (Å²) >= 11 is 0. The van der Waals surface area contributed by atoms with Crippen LogP contribution in [0.4, 0.5) is 0 Å². The van der Waals surface area contributed by atoms with E-state index in [9.17, 15) is 5.11 Å². The molecule has 0 amide bonds. The zero-order chi connectivity index (χ0) is 15.5. The summed E-state index contributed by atoms with van der Waals surface area (Å²) in [7, 11) is 0. The van der Waals surface area contributed by atoms with Crippen molar-refractivity contribution >= 4 is 0 Å². The summed E-state index contributed by atoms with van der Waals surface area (Å²) in [6, 6.07) is 10.7. The second-order valence-electron chi connectivity index (χ2n) is 7.71. The normalized spacial score (nSPS) is 23.2. The maximum absolute atomic E-state index is 9.77. The molecule has 3 nitrogen and oxygen atoms in total. The number of nitrogens with zero attached hydrogens (tertiary/aromatic N) is 1. The van der Waals surface area contributed by atoms with Crippen molar-refractivity contribution in [1.82, 2.24) is 10.2 Å². The Balaban J connectivity index is 2.13. The number of benzene rings is 1. The molecule has 2 atom stereocenters. The summed E-state index contributed by atoms with van der Waals surface area (Å²) in [6.07, 6.45) is 0.748. The molecule has 1 fully saturated rings. The Labute approximate surface area is 129 Å². The average Bonchev–Trinajstić information content (AvgIpc) is 2.82. The molecule has 1 aromatic rings. The molecule has 0 bridgehead atoms. The van der Waals surface area contributed by atoms with Gasteiger partial charge >= 0.3 is 0 Å². The molecule has 0 spiro atoms. The van der Waals surface area contributed by atoms with Gasteiger partial charge in [-0.15, -0.1) is 0 Å². The van der Waals surface area contributed by atoms with Gasteiger partial charge in [0.25, 0.3) is 0 Å². The Bertz CT molecular complexity index is 440. The van der Waals surface area contributed by atoms with Crippen molar-refractivity contribution < 1.29 is 5.11 Å². The summed E-state index contributed by atoms with van der Waals surface area (Å²) in [6.45, 7) is 12.7. The average molecular weight is 290 g/mol. The predicted octanol–water partition coefficient (Wildman–Crippen LogP) is 2.40. The van der Waals surface area contributed by atoms with Crippen molar-refractivity contribution in [2.75, 3.05) is 26.2 Å². The maximum Gasteiger partial charge on any atom is 0.0679 e. The van der Waals surface area contributed by atoms with Gasteiger partial charge in [0, 0.05) is 37.1 Å². The van der Waals surface area contributed by atoms with Crippen LogP contribution in [-0.4, -0.2) is 47.8 Å². The number of hydrogen-bond acceptors (Lipinski definition) is 3. The van der Waals surface area contributed by atoms with Crippen LogP contribution in [0.15, 0.2) is 30.3 Å². The molecule has 0 radical (unpaired) electrons. The van der Waals surface area contributed by atoms with Gasteiger partial charge in [0.2, 0.25) is 0 Å². The van der Waals surface area contributed by atoms with Crippen molar-refractivity contribution in [3.05, 3.63) is 35.9 Å². The van der Waals surface area contributed by atoms with E-state index in [4.69, 9.17) is 0 Å². The molecule has 0 aromatic heterocycles. The molecule has 1 aliphatic rings. The zero-order valence-corrected chi connectivity index (χ0v) is 13.9. The van der Waals surface area contributed by atoms with Crippen LogP contribution in [0.1, 0.15) is 39.7 Å². The molecule has 1 heterocycles. The molecule has 2 rings (SSSR count). The standard InChI is InChI=1S/C18H30N2O/c1-17(2,3)19-13-18(4,15-8-6-5-7-9-15)14-20-11-10-16(21)12-20/h5-9,16,19,21H,10-14H2,1-4H3.